The van der Waals surface area contributed by atoms with Crippen LogP contribution in [-0.4, -0.2) is 24.9 Å². The monoisotopic (exact) mass is 511 g/mol. The van der Waals surface area contributed by atoms with Gasteiger partial charge in [-0.15, -0.1) is 0 Å². The van der Waals surface area contributed by atoms with Crippen molar-refractivity contribution in [3.05, 3.63) is 47.9 Å². The van der Waals surface area contributed by atoms with Crippen molar-refractivity contribution in [2.24, 2.45) is 0 Å². The molecular weight excluding hydrogens is 462 g/mol. The Kier molecular flexibility index (Phi) is 15.2. The SMILES string of the molecule is CCCCCCCCCCCC(=O)Nc1ccc(N(CCCC)Cc2ccco2)c(C(=O)NCCC)c1. The number of carbonyl (C=O) groups excluding carboxylic acids is 2. The summed E-state index contributed by atoms with van der Waals surface area (Å²) < 4.78 is 5.59. The molecule has 37 heavy (non-hydrogen) atoms. The fourth-order valence-corrected chi connectivity index (χ4v) is 4.45. The number of amides is 2. The van der Waals surface area contributed by atoms with E-state index in [-0.39, 0.29) is 11.8 Å². The summed E-state index contributed by atoms with van der Waals surface area (Å²) in [5.74, 6) is 0.747. The van der Waals surface area contributed by atoms with E-state index in [0.717, 1.165) is 50.1 Å². The van der Waals surface area contributed by atoms with Crippen LogP contribution < -0.4 is 15.5 Å². The Morgan fingerprint density at radius 3 is 2.19 bits per heavy atom. The first-order valence-electron chi connectivity index (χ1n) is 14.6. The molecular formula is C31H49N3O3. The topological polar surface area (TPSA) is 74.6 Å². The molecule has 1 aromatic heterocycles. The van der Waals surface area contributed by atoms with Gasteiger partial charge in [-0.1, -0.05) is 78.6 Å². The molecule has 2 N–H and O–H groups in total. The molecule has 0 aliphatic carbocycles. The minimum atomic E-state index is -0.118. The maximum atomic E-state index is 13.1. The summed E-state index contributed by atoms with van der Waals surface area (Å²) in [5, 5.41) is 6.02. The Bertz CT molecular complexity index is 895. The highest BCUT2D eigenvalue weighted by atomic mass is 16.3. The standard InChI is InChI=1S/C31H49N3O3/c1-4-7-9-10-11-12-13-14-15-18-30(35)33-26-19-20-29(28(24-26)31(36)32-21-6-3)34(22-8-5-2)25-27-17-16-23-37-27/h16-17,19-20,23-24H,4-15,18,21-22,25H2,1-3H3,(H,32,36)(H,33,35). The number of carbonyl (C=O) groups is 2. The third kappa shape index (κ3) is 11.9. The van der Waals surface area contributed by atoms with Crippen molar-refractivity contribution in [1.82, 2.24) is 5.32 Å². The molecule has 0 saturated carbocycles. The molecule has 2 amide bonds. The molecule has 0 saturated heterocycles. The summed E-state index contributed by atoms with van der Waals surface area (Å²) in [7, 11) is 0. The van der Waals surface area contributed by atoms with Gasteiger partial charge in [0.2, 0.25) is 5.91 Å². The second kappa shape index (κ2) is 18.5. The Balaban J connectivity index is 2.00. The van der Waals surface area contributed by atoms with Crippen LogP contribution in [0, 0.1) is 0 Å². The van der Waals surface area contributed by atoms with Crippen LogP contribution in [0.4, 0.5) is 11.4 Å². The van der Waals surface area contributed by atoms with E-state index in [0.29, 0.717) is 30.8 Å². The predicted octanol–water partition coefficient (Wildman–Crippen LogP) is 8.09. The Labute approximate surface area is 224 Å². The van der Waals surface area contributed by atoms with E-state index in [1.165, 1.54) is 44.9 Å². The first-order chi connectivity index (χ1) is 18.1. The quantitative estimate of drug-likeness (QED) is 0.176. The number of furan rings is 1. The summed E-state index contributed by atoms with van der Waals surface area (Å²) >= 11 is 0. The number of hydrogen-bond donors (Lipinski definition) is 2. The van der Waals surface area contributed by atoms with Crippen molar-refractivity contribution in [3.8, 4) is 0 Å². The van der Waals surface area contributed by atoms with Gasteiger partial charge in [-0.05, 0) is 49.6 Å². The summed E-state index contributed by atoms with van der Waals surface area (Å²) in [6.07, 6.45) is 16.1. The summed E-state index contributed by atoms with van der Waals surface area (Å²) in [6.45, 7) is 8.45. The lowest BCUT2D eigenvalue weighted by Gasteiger charge is -2.26. The number of anilines is 2. The molecule has 0 unspecified atom stereocenters. The lowest BCUT2D eigenvalue weighted by atomic mass is 10.1. The second-order valence-electron chi connectivity index (χ2n) is 9.97. The number of rotatable bonds is 20. The Hall–Kier alpha value is -2.76. The van der Waals surface area contributed by atoms with Crippen molar-refractivity contribution < 1.29 is 14.0 Å². The fraction of sp³-hybridized carbons (Fsp3) is 0.613. The first kappa shape index (κ1) is 30.5. The van der Waals surface area contributed by atoms with Crippen LogP contribution in [0.15, 0.2) is 41.0 Å². The molecule has 1 heterocycles. The highest BCUT2D eigenvalue weighted by molar-refractivity contribution is 6.02. The maximum absolute atomic E-state index is 13.1. The molecule has 206 valence electrons. The zero-order chi connectivity index (χ0) is 26.7. The lowest BCUT2D eigenvalue weighted by molar-refractivity contribution is -0.116. The van der Waals surface area contributed by atoms with Gasteiger partial charge in [-0.2, -0.15) is 0 Å². The van der Waals surface area contributed by atoms with Crippen LogP contribution in [0.2, 0.25) is 0 Å². The van der Waals surface area contributed by atoms with E-state index in [1.807, 2.05) is 37.3 Å². The average molecular weight is 512 g/mol. The Morgan fingerprint density at radius 2 is 1.54 bits per heavy atom. The van der Waals surface area contributed by atoms with Gasteiger partial charge in [0.25, 0.3) is 5.91 Å². The highest BCUT2D eigenvalue weighted by Gasteiger charge is 2.19. The average Bonchev–Trinajstić information content (AvgIpc) is 3.42. The summed E-state index contributed by atoms with van der Waals surface area (Å²) in [6, 6.07) is 9.51. The molecule has 0 atom stereocenters. The van der Waals surface area contributed by atoms with Crippen molar-refractivity contribution in [2.75, 3.05) is 23.3 Å². The minimum Gasteiger partial charge on any atom is -0.467 e. The van der Waals surface area contributed by atoms with Crippen molar-refractivity contribution >= 4 is 23.2 Å². The van der Waals surface area contributed by atoms with Gasteiger partial charge in [0, 0.05) is 25.2 Å². The van der Waals surface area contributed by atoms with E-state index in [2.05, 4.69) is 29.4 Å². The molecule has 0 radical (unpaired) electrons. The van der Waals surface area contributed by atoms with Gasteiger partial charge < -0.3 is 20.0 Å². The van der Waals surface area contributed by atoms with Gasteiger partial charge in [0.05, 0.1) is 24.1 Å². The number of nitrogens with zero attached hydrogens (tertiary/aromatic N) is 1. The van der Waals surface area contributed by atoms with Gasteiger partial charge in [-0.3, -0.25) is 9.59 Å². The Morgan fingerprint density at radius 1 is 0.838 bits per heavy atom. The number of unbranched alkanes of at least 4 members (excludes halogenated alkanes) is 9. The second-order valence-corrected chi connectivity index (χ2v) is 9.97. The van der Waals surface area contributed by atoms with E-state index in [9.17, 15) is 9.59 Å². The third-order valence-corrected chi connectivity index (χ3v) is 6.62. The molecule has 2 rings (SSSR count). The molecule has 6 nitrogen and oxygen atoms in total. The van der Waals surface area contributed by atoms with Gasteiger partial charge in [0.15, 0.2) is 0 Å². The van der Waals surface area contributed by atoms with Crippen molar-refractivity contribution in [3.63, 3.8) is 0 Å². The number of hydrogen-bond acceptors (Lipinski definition) is 4. The van der Waals surface area contributed by atoms with Crippen molar-refractivity contribution in [2.45, 2.75) is 111 Å². The fourth-order valence-electron chi connectivity index (χ4n) is 4.45. The third-order valence-electron chi connectivity index (χ3n) is 6.62. The maximum Gasteiger partial charge on any atom is 0.253 e. The molecule has 0 aliphatic heterocycles. The molecule has 6 heteroatoms. The molecule has 1 aromatic carbocycles. The van der Waals surface area contributed by atoms with E-state index in [1.54, 1.807) is 6.26 Å². The van der Waals surface area contributed by atoms with Crippen LogP contribution in [-0.2, 0) is 11.3 Å². The number of nitrogens with one attached hydrogen (secondary N) is 2. The zero-order valence-corrected chi connectivity index (χ0v) is 23.4. The van der Waals surface area contributed by atoms with E-state index < -0.39 is 0 Å². The van der Waals surface area contributed by atoms with Crippen LogP contribution in [0.25, 0.3) is 0 Å². The zero-order valence-electron chi connectivity index (χ0n) is 23.4. The molecule has 2 aromatic rings. The van der Waals surface area contributed by atoms with Gasteiger partial charge in [-0.25, -0.2) is 0 Å². The van der Waals surface area contributed by atoms with Gasteiger partial charge in [0.1, 0.15) is 5.76 Å². The van der Waals surface area contributed by atoms with E-state index >= 15 is 0 Å². The molecule has 0 spiro atoms. The van der Waals surface area contributed by atoms with Gasteiger partial charge >= 0.3 is 0 Å². The first-order valence-corrected chi connectivity index (χ1v) is 14.6. The molecule has 0 aliphatic rings. The molecule has 0 fully saturated rings. The summed E-state index contributed by atoms with van der Waals surface area (Å²) in [4.78, 5) is 27.9. The smallest absolute Gasteiger partial charge is 0.253 e. The van der Waals surface area contributed by atoms with Crippen LogP contribution >= 0.6 is 0 Å². The summed E-state index contributed by atoms with van der Waals surface area (Å²) in [5.41, 5.74) is 2.10. The lowest BCUT2D eigenvalue weighted by Crippen LogP contribution is -2.30. The van der Waals surface area contributed by atoms with Crippen LogP contribution in [0.3, 0.4) is 0 Å². The largest absolute Gasteiger partial charge is 0.467 e. The number of benzene rings is 1. The highest BCUT2D eigenvalue weighted by Crippen LogP contribution is 2.27. The van der Waals surface area contributed by atoms with E-state index in [4.69, 9.17) is 4.42 Å². The predicted molar refractivity (Wildman–Crippen MR) is 154 cm³/mol. The van der Waals surface area contributed by atoms with Crippen molar-refractivity contribution in [1.29, 1.82) is 0 Å². The van der Waals surface area contributed by atoms with Crippen LogP contribution in [0.1, 0.15) is 120 Å². The molecule has 0 bridgehead atoms. The van der Waals surface area contributed by atoms with Crippen LogP contribution in [0.5, 0.6) is 0 Å². The normalized spacial score (nSPS) is 10.9. The minimum absolute atomic E-state index is 0.00837.